The van der Waals surface area contributed by atoms with Crippen molar-refractivity contribution >= 4 is 27.5 Å². The average Bonchev–Trinajstić information content (AvgIpc) is 2.57. The van der Waals surface area contributed by atoms with Gasteiger partial charge in [-0.3, -0.25) is 9.59 Å². The summed E-state index contributed by atoms with van der Waals surface area (Å²) in [7, 11) is 0. The first kappa shape index (κ1) is 17.0. The van der Waals surface area contributed by atoms with E-state index in [0.29, 0.717) is 11.4 Å². The average molecular weight is 402 g/mol. The zero-order valence-electron chi connectivity index (χ0n) is 12.9. The number of nitrogens with one attached hydrogen (secondary N) is 1. The molecule has 0 saturated heterocycles. The smallest absolute Gasteiger partial charge is 0.267 e. The molecule has 126 valence electrons. The Hall–Kier alpha value is -2.80. The highest BCUT2D eigenvalue weighted by atomic mass is 79.9. The number of hydrogen-bond acceptors (Lipinski definition) is 3. The highest BCUT2D eigenvalue weighted by molar-refractivity contribution is 9.10. The molecule has 0 radical (unpaired) electrons. The summed E-state index contributed by atoms with van der Waals surface area (Å²) >= 11 is 3.36. The molecule has 1 aromatic heterocycles. The van der Waals surface area contributed by atoms with E-state index in [1.54, 1.807) is 12.1 Å². The van der Waals surface area contributed by atoms with Crippen LogP contribution in [0.25, 0.3) is 11.3 Å². The van der Waals surface area contributed by atoms with Crippen molar-refractivity contribution in [3.8, 4) is 11.3 Å². The molecular weight excluding hydrogens is 389 g/mol. The van der Waals surface area contributed by atoms with Crippen LogP contribution in [0.4, 0.5) is 10.1 Å². The van der Waals surface area contributed by atoms with Crippen LogP contribution in [0.2, 0.25) is 0 Å². The topological polar surface area (TPSA) is 64.0 Å². The summed E-state index contributed by atoms with van der Waals surface area (Å²) in [5, 5.41) is 6.77. The lowest BCUT2D eigenvalue weighted by Crippen LogP contribution is -2.29. The Kier molecular flexibility index (Phi) is 5.04. The van der Waals surface area contributed by atoms with Gasteiger partial charge >= 0.3 is 0 Å². The molecule has 3 rings (SSSR count). The molecule has 1 heterocycles. The van der Waals surface area contributed by atoms with Crippen LogP contribution in [0.5, 0.6) is 0 Å². The van der Waals surface area contributed by atoms with Crippen molar-refractivity contribution in [3.05, 3.63) is 81.3 Å². The molecule has 0 atom stereocenters. The van der Waals surface area contributed by atoms with E-state index >= 15 is 0 Å². The summed E-state index contributed by atoms with van der Waals surface area (Å²) in [6.45, 7) is -0.264. The summed E-state index contributed by atoms with van der Waals surface area (Å²) in [4.78, 5) is 24.1. The fourth-order valence-electron chi connectivity index (χ4n) is 2.24. The monoisotopic (exact) mass is 401 g/mol. The minimum Gasteiger partial charge on any atom is -0.324 e. The Morgan fingerprint density at radius 3 is 2.60 bits per heavy atom. The molecule has 0 saturated carbocycles. The van der Waals surface area contributed by atoms with Crippen molar-refractivity contribution in [2.24, 2.45) is 0 Å². The SMILES string of the molecule is O=C(Cn1nc(-c2ccc(Br)cc2)ccc1=O)Nc1cccc(F)c1. The van der Waals surface area contributed by atoms with Crippen molar-refractivity contribution in [3.63, 3.8) is 0 Å². The molecule has 0 unspecified atom stereocenters. The van der Waals surface area contributed by atoms with E-state index < -0.39 is 17.3 Å². The van der Waals surface area contributed by atoms with Crippen LogP contribution in [0, 0.1) is 5.82 Å². The maximum atomic E-state index is 13.2. The van der Waals surface area contributed by atoms with E-state index in [1.807, 2.05) is 24.3 Å². The predicted molar refractivity (Wildman–Crippen MR) is 96.7 cm³/mol. The van der Waals surface area contributed by atoms with Crippen molar-refractivity contribution in [1.82, 2.24) is 9.78 Å². The molecule has 0 aliphatic carbocycles. The van der Waals surface area contributed by atoms with Gasteiger partial charge in [-0.2, -0.15) is 5.10 Å². The number of hydrogen-bond donors (Lipinski definition) is 1. The Labute approximate surface area is 151 Å². The summed E-state index contributed by atoms with van der Waals surface area (Å²) < 4.78 is 15.2. The number of benzene rings is 2. The molecule has 0 aliphatic heterocycles. The van der Waals surface area contributed by atoms with Crippen LogP contribution >= 0.6 is 15.9 Å². The normalized spacial score (nSPS) is 10.5. The zero-order chi connectivity index (χ0) is 17.8. The van der Waals surface area contributed by atoms with E-state index in [-0.39, 0.29) is 6.54 Å². The number of carbonyl (C=O) groups excluding carboxylic acids is 1. The molecule has 0 fully saturated rings. The molecule has 5 nitrogen and oxygen atoms in total. The van der Waals surface area contributed by atoms with Crippen LogP contribution in [-0.2, 0) is 11.3 Å². The molecule has 0 bridgehead atoms. The minimum atomic E-state index is -0.465. The van der Waals surface area contributed by atoms with E-state index in [2.05, 4.69) is 26.3 Å². The minimum absolute atomic E-state index is 0.264. The zero-order valence-corrected chi connectivity index (χ0v) is 14.5. The van der Waals surface area contributed by atoms with E-state index in [9.17, 15) is 14.0 Å². The second kappa shape index (κ2) is 7.40. The van der Waals surface area contributed by atoms with Gasteiger partial charge in [-0.05, 0) is 36.4 Å². The Morgan fingerprint density at radius 2 is 1.88 bits per heavy atom. The van der Waals surface area contributed by atoms with E-state index in [1.165, 1.54) is 24.3 Å². The molecule has 1 amide bonds. The second-order valence-electron chi connectivity index (χ2n) is 5.28. The van der Waals surface area contributed by atoms with Crippen molar-refractivity contribution < 1.29 is 9.18 Å². The first-order valence-corrected chi connectivity index (χ1v) is 8.20. The highest BCUT2D eigenvalue weighted by Gasteiger charge is 2.09. The molecule has 2 aromatic carbocycles. The Bertz CT molecular complexity index is 971. The van der Waals surface area contributed by atoms with Gasteiger partial charge < -0.3 is 5.32 Å². The summed E-state index contributed by atoms with van der Waals surface area (Å²) in [6, 6.07) is 15.9. The van der Waals surface area contributed by atoms with Crippen LogP contribution < -0.4 is 10.9 Å². The maximum absolute atomic E-state index is 13.2. The number of amides is 1. The first-order chi connectivity index (χ1) is 12.0. The Morgan fingerprint density at radius 1 is 1.12 bits per heavy atom. The van der Waals surface area contributed by atoms with Gasteiger partial charge in [-0.1, -0.05) is 34.1 Å². The van der Waals surface area contributed by atoms with E-state index in [4.69, 9.17) is 0 Å². The van der Waals surface area contributed by atoms with Crippen LogP contribution in [0.15, 0.2) is 69.9 Å². The van der Waals surface area contributed by atoms with Gasteiger partial charge in [0.15, 0.2) is 0 Å². The predicted octanol–water partition coefficient (Wildman–Crippen LogP) is 3.45. The van der Waals surface area contributed by atoms with Crippen molar-refractivity contribution in [1.29, 1.82) is 0 Å². The number of aromatic nitrogens is 2. The molecule has 1 N–H and O–H groups in total. The van der Waals surface area contributed by atoms with Gasteiger partial charge in [0.2, 0.25) is 5.91 Å². The second-order valence-corrected chi connectivity index (χ2v) is 6.20. The van der Waals surface area contributed by atoms with E-state index in [0.717, 1.165) is 14.7 Å². The van der Waals surface area contributed by atoms with Gasteiger partial charge in [0.1, 0.15) is 12.4 Å². The number of nitrogens with zero attached hydrogens (tertiary/aromatic N) is 2. The molecule has 7 heteroatoms. The number of halogens is 2. The molecule has 0 aliphatic rings. The third kappa shape index (κ3) is 4.39. The van der Waals surface area contributed by atoms with Crippen molar-refractivity contribution in [2.45, 2.75) is 6.54 Å². The largest absolute Gasteiger partial charge is 0.324 e. The van der Waals surface area contributed by atoms with Crippen LogP contribution in [-0.4, -0.2) is 15.7 Å². The third-order valence-corrected chi connectivity index (χ3v) is 3.94. The maximum Gasteiger partial charge on any atom is 0.267 e. The lowest BCUT2D eigenvalue weighted by Gasteiger charge is -2.08. The van der Waals surface area contributed by atoms with Crippen LogP contribution in [0.1, 0.15) is 0 Å². The van der Waals surface area contributed by atoms with Gasteiger partial charge in [-0.15, -0.1) is 0 Å². The van der Waals surface area contributed by atoms with Gasteiger partial charge in [0, 0.05) is 21.8 Å². The van der Waals surface area contributed by atoms with Crippen LogP contribution in [0.3, 0.4) is 0 Å². The number of anilines is 1. The van der Waals surface area contributed by atoms with Gasteiger partial charge in [-0.25, -0.2) is 9.07 Å². The van der Waals surface area contributed by atoms with Crippen molar-refractivity contribution in [2.75, 3.05) is 5.32 Å². The lowest BCUT2D eigenvalue weighted by atomic mass is 10.1. The van der Waals surface area contributed by atoms with Gasteiger partial charge in [0.05, 0.1) is 5.69 Å². The standard InChI is InChI=1S/C18H13BrFN3O2/c19-13-6-4-12(5-7-13)16-8-9-18(25)23(22-16)11-17(24)21-15-3-1-2-14(20)10-15/h1-10H,11H2,(H,21,24). The summed E-state index contributed by atoms with van der Waals surface area (Å²) in [5.74, 6) is -0.918. The number of carbonyl (C=O) groups is 1. The highest BCUT2D eigenvalue weighted by Crippen LogP contribution is 2.18. The quantitative estimate of drug-likeness (QED) is 0.727. The molecule has 3 aromatic rings. The third-order valence-electron chi connectivity index (χ3n) is 3.41. The summed E-state index contributed by atoms with van der Waals surface area (Å²) in [6.07, 6.45) is 0. The first-order valence-electron chi connectivity index (χ1n) is 7.41. The fraction of sp³-hybridized carbons (Fsp3) is 0.0556. The summed E-state index contributed by atoms with van der Waals surface area (Å²) in [5.41, 5.74) is 1.32. The molecule has 0 spiro atoms. The van der Waals surface area contributed by atoms with Gasteiger partial charge in [0.25, 0.3) is 5.56 Å². The molecular formula is C18H13BrFN3O2. The Balaban J connectivity index is 1.80. The number of rotatable bonds is 4. The molecule has 25 heavy (non-hydrogen) atoms. The lowest BCUT2D eigenvalue weighted by molar-refractivity contribution is -0.117. The fourth-order valence-corrected chi connectivity index (χ4v) is 2.50.